The molecule has 2 amide bonds. The summed E-state index contributed by atoms with van der Waals surface area (Å²) in [6, 6.07) is 9.14. The van der Waals surface area contributed by atoms with Gasteiger partial charge in [-0.15, -0.1) is 11.3 Å². The van der Waals surface area contributed by atoms with Crippen LogP contribution in [0.4, 0.5) is 0 Å². The van der Waals surface area contributed by atoms with Crippen molar-refractivity contribution in [2.24, 2.45) is 0 Å². The van der Waals surface area contributed by atoms with Crippen LogP contribution in [0, 0.1) is 6.92 Å². The fourth-order valence-electron chi connectivity index (χ4n) is 1.97. The summed E-state index contributed by atoms with van der Waals surface area (Å²) in [4.78, 5) is 24.6. The molecule has 0 fully saturated rings. The van der Waals surface area contributed by atoms with Gasteiger partial charge in [-0.2, -0.15) is 5.10 Å². The number of rotatable bonds is 2. The highest BCUT2D eigenvalue weighted by molar-refractivity contribution is 7.12. The Hall–Kier alpha value is -2.67. The zero-order valence-corrected chi connectivity index (χ0v) is 12.0. The van der Waals surface area contributed by atoms with Gasteiger partial charge in [-0.1, -0.05) is 18.2 Å². The van der Waals surface area contributed by atoms with E-state index < -0.39 is 5.91 Å². The molecule has 0 aliphatic heterocycles. The maximum Gasteiger partial charge on any atom is 0.290 e. The Morgan fingerprint density at radius 2 is 1.90 bits per heavy atom. The molecule has 21 heavy (non-hydrogen) atoms. The van der Waals surface area contributed by atoms with Crippen molar-refractivity contribution in [1.29, 1.82) is 0 Å². The van der Waals surface area contributed by atoms with Gasteiger partial charge in [0.2, 0.25) is 0 Å². The van der Waals surface area contributed by atoms with Crippen LogP contribution in [-0.4, -0.2) is 22.0 Å². The molecule has 0 aliphatic carbocycles. The third-order valence-corrected chi connectivity index (χ3v) is 4.06. The number of benzene rings is 1. The van der Waals surface area contributed by atoms with E-state index in [0.29, 0.717) is 10.3 Å². The number of nitrogens with one attached hydrogen (secondary N) is 3. The number of carbonyl (C=O) groups is 2. The molecular weight excluding hydrogens is 288 g/mol. The number of aromatic amines is 1. The SMILES string of the molecule is Cc1ccsc1C(=O)NNC(=O)c1n[nH]c2ccccc12. The highest BCUT2D eigenvalue weighted by Crippen LogP contribution is 2.16. The van der Waals surface area contributed by atoms with Crippen LogP contribution in [0.15, 0.2) is 35.7 Å². The zero-order valence-electron chi connectivity index (χ0n) is 11.1. The van der Waals surface area contributed by atoms with Gasteiger partial charge in [-0.3, -0.25) is 25.5 Å². The number of nitrogens with zero attached hydrogens (tertiary/aromatic N) is 1. The molecule has 0 saturated heterocycles. The smallest absolute Gasteiger partial charge is 0.277 e. The fraction of sp³-hybridized carbons (Fsp3) is 0.0714. The topological polar surface area (TPSA) is 86.9 Å². The van der Waals surface area contributed by atoms with Gasteiger partial charge in [0.25, 0.3) is 11.8 Å². The molecule has 0 bridgehead atoms. The molecule has 0 spiro atoms. The lowest BCUT2D eigenvalue weighted by atomic mass is 10.2. The molecule has 0 atom stereocenters. The van der Waals surface area contributed by atoms with Crippen LogP contribution in [0.5, 0.6) is 0 Å². The molecule has 0 saturated carbocycles. The first-order chi connectivity index (χ1) is 10.2. The third-order valence-electron chi connectivity index (χ3n) is 3.04. The Morgan fingerprint density at radius 1 is 1.14 bits per heavy atom. The second kappa shape index (κ2) is 5.37. The Bertz CT molecular complexity index is 821. The summed E-state index contributed by atoms with van der Waals surface area (Å²) in [6.45, 7) is 1.84. The monoisotopic (exact) mass is 300 g/mol. The summed E-state index contributed by atoms with van der Waals surface area (Å²) in [7, 11) is 0. The van der Waals surface area contributed by atoms with Crippen LogP contribution in [0.25, 0.3) is 10.9 Å². The lowest BCUT2D eigenvalue weighted by molar-refractivity contribution is 0.0846. The number of H-pyrrole nitrogens is 1. The van der Waals surface area contributed by atoms with Crippen molar-refractivity contribution < 1.29 is 9.59 Å². The number of fused-ring (bicyclic) bond motifs is 1. The fourth-order valence-corrected chi connectivity index (χ4v) is 2.79. The summed E-state index contributed by atoms with van der Waals surface area (Å²) in [5.74, 6) is -0.800. The minimum Gasteiger partial charge on any atom is -0.277 e. The number of para-hydroxylation sites is 1. The predicted molar refractivity (Wildman–Crippen MR) is 80.1 cm³/mol. The minimum atomic E-state index is -0.463. The molecular formula is C14H12N4O2S. The number of thiophene rings is 1. The van der Waals surface area contributed by atoms with Crippen LogP contribution in [0.2, 0.25) is 0 Å². The predicted octanol–water partition coefficient (Wildman–Crippen LogP) is 2.01. The second-order valence-corrected chi connectivity index (χ2v) is 5.37. The molecule has 1 aromatic carbocycles. The molecule has 3 rings (SSSR count). The Balaban J connectivity index is 1.72. The van der Waals surface area contributed by atoms with Crippen LogP contribution in [0.1, 0.15) is 25.7 Å². The highest BCUT2D eigenvalue weighted by atomic mass is 32.1. The van der Waals surface area contributed by atoms with E-state index in [0.717, 1.165) is 11.1 Å². The zero-order chi connectivity index (χ0) is 14.8. The minimum absolute atomic E-state index is 0.244. The second-order valence-electron chi connectivity index (χ2n) is 4.46. The number of hydrazine groups is 1. The van der Waals surface area contributed by atoms with Crippen LogP contribution in [0.3, 0.4) is 0 Å². The quantitative estimate of drug-likeness (QED) is 0.633. The average Bonchev–Trinajstić information content (AvgIpc) is 3.10. The van der Waals surface area contributed by atoms with Crippen molar-refractivity contribution in [3.05, 3.63) is 51.8 Å². The summed E-state index contributed by atoms with van der Waals surface area (Å²) in [5, 5.41) is 9.27. The molecule has 106 valence electrons. The molecule has 3 aromatic rings. The van der Waals surface area contributed by atoms with Crippen molar-refractivity contribution in [1.82, 2.24) is 21.0 Å². The van der Waals surface area contributed by atoms with E-state index in [9.17, 15) is 9.59 Å². The van der Waals surface area contributed by atoms with Crippen molar-refractivity contribution in [2.45, 2.75) is 6.92 Å². The van der Waals surface area contributed by atoms with Crippen molar-refractivity contribution in [3.8, 4) is 0 Å². The van der Waals surface area contributed by atoms with Crippen molar-refractivity contribution >= 4 is 34.1 Å². The van der Waals surface area contributed by atoms with Gasteiger partial charge in [-0.05, 0) is 30.0 Å². The van der Waals surface area contributed by atoms with Crippen molar-refractivity contribution in [2.75, 3.05) is 0 Å². The van der Waals surface area contributed by atoms with E-state index in [1.807, 2.05) is 36.6 Å². The van der Waals surface area contributed by atoms with Gasteiger partial charge in [0.15, 0.2) is 5.69 Å². The number of aryl methyl sites for hydroxylation is 1. The van der Waals surface area contributed by atoms with E-state index in [4.69, 9.17) is 0 Å². The molecule has 6 nitrogen and oxygen atoms in total. The Labute approximate surface area is 124 Å². The molecule has 0 unspecified atom stereocenters. The third kappa shape index (κ3) is 2.50. The van der Waals surface area contributed by atoms with E-state index in [2.05, 4.69) is 21.0 Å². The standard InChI is InChI=1S/C14H12N4O2S/c1-8-6-7-21-12(8)14(20)18-17-13(19)11-9-4-2-3-5-10(9)15-16-11/h2-7H,1H3,(H,15,16)(H,17,19)(H,18,20). The molecule has 0 radical (unpaired) electrons. The van der Waals surface area contributed by atoms with E-state index in [1.165, 1.54) is 11.3 Å². The first-order valence-electron chi connectivity index (χ1n) is 6.24. The van der Waals surface area contributed by atoms with Crippen molar-refractivity contribution in [3.63, 3.8) is 0 Å². The van der Waals surface area contributed by atoms with Gasteiger partial charge >= 0.3 is 0 Å². The van der Waals surface area contributed by atoms with Crippen LogP contribution >= 0.6 is 11.3 Å². The van der Waals surface area contributed by atoms with Crippen LogP contribution in [-0.2, 0) is 0 Å². The lowest BCUT2D eigenvalue weighted by Gasteiger charge is -2.05. The normalized spacial score (nSPS) is 10.5. The van der Waals surface area contributed by atoms with E-state index in [-0.39, 0.29) is 11.6 Å². The molecule has 0 aliphatic rings. The molecule has 2 aromatic heterocycles. The van der Waals surface area contributed by atoms with Gasteiger partial charge in [0.1, 0.15) is 0 Å². The van der Waals surface area contributed by atoms with Gasteiger partial charge in [-0.25, -0.2) is 0 Å². The van der Waals surface area contributed by atoms with Gasteiger partial charge < -0.3 is 0 Å². The molecule has 7 heteroatoms. The first-order valence-corrected chi connectivity index (χ1v) is 7.12. The molecule has 2 heterocycles. The van der Waals surface area contributed by atoms with E-state index >= 15 is 0 Å². The van der Waals surface area contributed by atoms with Crippen LogP contribution < -0.4 is 10.9 Å². The summed E-state index contributed by atoms with van der Waals surface area (Å²) >= 11 is 1.32. The number of amides is 2. The van der Waals surface area contributed by atoms with E-state index in [1.54, 1.807) is 6.07 Å². The van der Waals surface area contributed by atoms with Gasteiger partial charge in [0.05, 0.1) is 10.4 Å². The highest BCUT2D eigenvalue weighted by Gasteiger charge is 2.16. The average molecular weight is 300 g/mol. The largest absolute Gasteiger partial charge is 0.290 e. The summed E-state index contributed by atoms with van der Waals surface area (Å²) in [6.07, 6.45) is 0. The summed E-state index contributed by atoms with van der Waals surface area (Å²) < 4.78 is 0. The Morgan fingerprint density at radius 3 is 2.67 bits per heavy atom. The number of carbonyl (C=O) groups excluding carboxylic acids is 2. The Kier molecular flexibility index (Phi) is 3.41. The van der Waals surface area contributed by atoms with Gasteiger partial charge in [0, 0.05) is 5.39 Å². The number of aromatic nitrogens is 2. The number of hydrogen-bond acceptors (Lipinski definition) is 4. The maximum atomic E-state index is 12.1. The summed E-state index contributed by atoms with van der Waals surface area (Å²) in [5.41, 5.74) is 6.66. The first kappa shape index (κ1) is 13.3. The number of hydrogen-bond donors (Lipinski definition) is 3. The maximum absolute atomic E-state index is 12.1. The lowest BCUT2D eigenvalue weighted by Crippen LogP contribution is -2.41. The molecule has 3 N–H and O–H groups in total.